The Labute approximate surface area is 161 Å². The van der Waals surface area contributed by atoms with Gasteiger partial charge in [-0.3, -0.25) is 4.79 Å². The molecule has 0 bridgehead atoms. The van der Waals surface area contributed by atoms with Crippen molar-refractivity contribution in [3.8, 4) is 0 Å². The minimum atomic E-state index is -1.56. The average Bonchev–Trinajstić information content (AvgIpc) is 2.67. The fraction of sp³-hybridized carbons (Fsp3) is 0.300. The summed E-state index contributed by atoms with van der Waals surface area (Å²) < 4.78 is 18.9. The lowest BCUT2D eigenvalue weighted by atomic mass is 9.98. The molecule has 7 nitrogen and oxygen atoms in total. The van der Waals surface area contributed by atoms with Gasteiger partial charge >= 0.3 is 12.1 Å². The standard InChI is InChI=1S/C20H22FNO6/c21-16-7-6-14(11-18(24)25)10-15(16)19(26)17(23)8-9-22-20(27)28-12-13-4-2-1-3-5-13/h1-7,10,17,19,23,26H,8-9,11-12H2,(H,22,27)(H,24,25). The highest BCUT2D eigenvalue weighted by Crippen LogP contribution is 2.23. The minimum absolute atomic E-state index is 0.00227. The number of halogens is 1. The van der Waals surface area contributed by atoms with Crippen molar-refractivity contribution < 1.29 is 34.0 Å². The summed E-state index contributed by atoms with van der Waals surface area (Å²) in [6.07, 6.45) is -3.98. The summed E-state index contributed by atoms with van der Waals surface area (Å²) in [7, 11) is 0. The van der Waals surface area contributed by atoms with Crippen LogP contribution in [0.25, 0.3) is 0 Å². The number of nitrogens with one attached hydrogen (secondary N) is 1. The van der Waals surface area contributed by atoms with Gasteiger partial charge in [0.05, 0.1) is 12.5 Å². The molecule has 0 heterocycles. The number of hydrogen-bond donors (Lipinski definition) is 4. The Kier molecular flexibility index (Phi) is 7.91. The molecule has 2 aromatic carbocycles. The third-order valence-corrected chi connectivity index (χ3v) is 4.02. The maximum atomic E-state index is 13.9. The van der Waals surface area contributed by atoms with Crippen LogP contribution in [0.2, 0.25) is 0 Å². The van der Waals surface area contributed by atoms with Crippen LogP contribution in [-0.4, -0.2) is 40.0 Å². The van der Waals surface area contributed by atoms with Gasteiger partial charge in [-0.25, -0.2) is 9.18 Å². The zero-order chi connectivity index (χ0) is 20.5. The number of aliphatic carboxylic acids is 1. The molecule has 0 aliphatic rings. The van der Waals surface area contributed by atoms with Crippen LogP contribution in [0.15, 0.2) is 48.5 Å². The van der Waals surface area contributed by atoms with Crippen LogP contribution in [-0.2, 0) is 22.6 Å². The van der Waals surface area contributed by atoms with E-state index in [0.29, 0.717) is 5.56 Å². The van der Waals surface area contributed by atoms with Crippen molar-refractivity contribution in [2.24, 2.45) is 0 Å². The van der Waals surface area contributed by atoms with Gasteiger partial charge in [0.15, 0.2) is 0 Å². The average molecular weight is 391 g/mol. The first-order valence-corrected chi connectivity index (χ1v) is 8.67. The van der Waals surface area contributed by atoms with Crippen LogP contribution < -0.4 is 5.32 Å². The summed E-state index contributed by atoms with van der Waals surface area (Å²) in [5.41, 5.74) is 0.931. The van der Waals surface area contributed by atoms with Gasteiger partial charge in [-0.15, -0.1) is 0 Å². The lowest BCUT2D eigenvalue weighted by Gasteiger charge is -2.19. The molecule has 0 aliphatic carbocycles. The van der Waals surface area contributed by atoms with Crippen molar-refractivity contribution in [2.45, 2.75) is 31.7 Å². The van der Waals surface area contributed by atoms with Gasteiger partial charge in [0.25, 0.3) is 0 Å². The number of alkyl carbamates (subject to hydrolysis) is 1. The summed E-state index contributed by atoms with van der Waals surface area (Å²) >= 11 is 0. The van der Waals surface area contributed by atoms with E-state index < -0.39 is 30.1 Å². The fourth-order valence-corrected chi connectivity index (χ4v) is 2.57. The number of benzene rings is 2. The SMILES string of the molecule is O=C(O)Cc1ccc(F)c(C(O)C(O)CCNC(=O)OCc2ccccc2)c1. The molecule has 0 aliphatic heterocycles. The molecular formula is C20H22FNO6. The molecule has 0 saturated carbocycles. The molecule has 4 N–H and O–H groups in total. The Morgan fingerprint density at radius 2 is 1.79 bits per heavy atom. The Morgan fingerprint density at radius 3 is 2.46 bits per heavy atom. The molecule has 2 unspecified atom stereocenters. The van der Waals surface area contributed by atoms with Crippen LogP contribution in [0.3, 0.4) is 0 Å². The second kappa shape index (κ2) is 10.4. The summed E-state index contributed by atoms with van der Waals surface area (Å²) in [6, 6.07) is 12.6. The highest BCUT2D eigenvalue weighted by atomic mass is 19.1. The molecule has 2 aromatic rings. The number of hydrogen-bond acceptors (Lipinski definition) is 5. The fourth-order valence-electron chi connectivity index (χ4n) is 2.57. The van der Waals surface area contributed by atoms with Crippen LogP contribution >= 0.6 is 0 Å². The molecule has 2 atom stereocenters. The molecular weight excluding hydrogens is 369 g/mol. The van der Waals surface area contributed by atoms with E-state index >= 15 is 0 Å². The molecule has 0 saturated heterocycles. The maximum absolute atomic E-state index is 13.9. The zero-order valence-electron chi connectivity index (χ0n) is 15.0. The number of amides is 1. The lowest BCUT2D eigenvalue weighted by molar-refractivity contribution is -0.136. The molecule has 8 heteroatoms. The van der Waals surface area contributed by atoms with Crippen molar-refractivity contribution in [2.75, 3.05) is 6.54 Å². The number of carboxylic acid groups (broad SMARTS) is 1. The molecule has 0 fully saturated rings. The van der Waals surface area contributed by atoms with E-state index in [2.05, 4.69) is 5.32 Å². The third kappa shape index (κ3) is 6.64. The predicted octanol–water partition coefficient (Wildman–Crippen LogP) is 2.16. The van der Waals surface area contributed by atoms with Crippen molar-refractivity contribution in [3.05, 3.63) is 71.0 Å². The van der Waals surface area contributed by atoms with Crippen molar-refractivity contribution in [1.29, 1.82) is 0 Å². The first-order chi connectivity index (χ1) is 13.4. The Morgan fingerprint density at radius 1 is 1.07 bits per heavy atom. The van der Waals surface area contributed by atoms with E-state index in [-0.39, 0.29) is 31.6 Å². The number of aliphatic hydroxyl groups excluding tert-OH is 2. The largest absolute Gasteiger partial charge is 0.481 e. The summed E-state index contributed by atoms with van der Waals surface area (Å²) in [5.74, 6) is -1.85. The van der Waals surface area contributed by atoms with Gasteiger partial charge in [0, 0.05) is 12.1 Å². The highest BCUT2D eigenvalue weighted by molar-refractivity contribution is 5.70. The second-order valence-corrected chi connectivity index (χ2v) is 6.22. The molecule has 0 spiro atoms. The van der Waals surface area contributed by atoms with Crippen LogP contribution in [0.4, 0.5) is 9.18 Å². The predicted molar refractivity (Wildman–Crippen MR) is 98.0 cm³/mol. The molecule has 0 aromatic heterocycles. The quantitative estimate of drug-likeness (QED) is 0.521. The normalized spacial score (nSPS) is 12.8. The van der Waals surface area contributed by atoms with Crippen molar-refractivity contribution in [1.82, 2.24) is 5.32 Å². The monoisotopic (exact) mass is 391 g/mol. The molecule has 0 radical (unpaired) electrons. The Balaban J connectivity index is 1.81. The van der Waals surface area contributed by atoms with Gasteiger partial charge in [-0.05, 0) is 29.7 Å². The van der Waals surface area contributed by atoms with Crippen molar-refractivity contribution >= 4 is 12.1 Å². The van der Waals surface area contributed by atoms with E-state index in [1.54, 1.807) is 12.1 Å². The molecule has 2 rings (SSSR count). The summed E-state index contributed by atoms with van der Waals surface area (Å²) in [5, 5.41) is 31.5. The second-order valence-electron chi connectivity index (χ2n) is 6.22. The smallest absolute Gasteiger partial charge is 0.407 e. The Hall–Kier alpha value is -2.97. The van der Waals surface area contributed by atoms with Crippen LogP contribution in [0.1, 0.15) is 29.2 Å². The van der Waals surface area contributed by atoms with Gasteiger partial charge < -0.3 is 25.4 Å². The maximum Gasteiger partial charge on any atom is 0.407 e. The van der Waals surface area contributed by atoms with Gasteiger partial charge in [0.1, 0.15) is 18.5 Å². The minimum Gasteiger partial charge on any atom is -0.481 e. The van der Waals surface area contributed by atoms with E-state index in [0.717, 1.165) is 11.6 Å². The van der Waals surface area contributed by atoms with Crippen molar-refractivity contribution in [3.63, 3.8) is 0 Å². The first-order valence-electron chi connectivity index (χ1n) is 8.67. The van der Waals surface area contributed by atoms with E-state index in [9.17, 15) is 24.2 Å². The topological polar surface area (TPSA) is 116 Å². The number of rotatable bonds is 9. The highest BCUT2D eigenvalue weighted by Gasteiger charge is 2.22. The van der Waals surface area contributed by atoms with E-state index in [1.807, 2.05) is 18.2 Å². The van der Waals surface area contributed by atoms with Crippen LogP contribution in [0, 0.1) is 5.82 Å². The number of carboxylic acids is 1. The number of carbonyl (C=O) groups excluding carboxylic acids is 1. The molecule has 1 amide bonds. The van der Waals surface area contributed by atoms with E-state index in [4.69, 9.17) is 9.84 Å². The zero-order valence-corrected chi connectivity index (χ0v) is 15.0. The first kappa shape index (κ1) is 21.3. The summed E-state index contributed by atoms with van der Waals surface area (Å²) in [4.78, 5) is 22.4. The molecule has 28 heavy (non-hydrogen) atoms. The van der Waals surface area contributed by atoms with Gasteiger partial charge in [-0.1, -0.05) is 36.4 Å². The number of aliphatic hydroxyl groups is 2. The van der Waals surface area contributed by atoms with Gasteiger partial charge in [0.2, 0.25) is 0 Å². The van der Waals surface area contributed by atoms with E-state index in [1.165, 1.54) is 12.1 Å². The van der Waals surface area contributed by atoms with Crippen LogP contribution in [0.5, 0.6) is 0 Å². The third-order valence-electron chi connectivity index (χ3n) is 4.02. The van der Waals surface area contributed by atoms with Gasteiger partial charge in [-0.2, -0.15) is 0 Å². The Bertz CT molecular complexity index is 799. The molecule has 150 valence electrons. The number of carbonyl (C=O) groups is 2. The number of ether oxygens (including phenoxy) is 1. The lowest BCUT2D eigenvalue weighted by Crippen LogP contribution is -2.30. The summed E-state index contributed by atoms with van der Waals surface area (Å²) in [6.45, 7) is 0.0989.